The second-order valence-corrected chi connectivity index (χ2v) is 10.0. The summed E-state index contributed by atoms with van der Waals surface area (Å²) in [4.78, 5) is 41.5. The molecule has 3 saturated heterocycles. The Morgan fingerprint density at radius 3 is 2.28 bits per heavy atom. The molecule has 0 radical (unpaired) electrons. The van der Waals surface area contributed by atoms with Gasteiger partial charge in [0.25, 0.3) is 0 Å². The van der Waals surface area contributed by atoms with E-state index in [1.165, 1.54) is 28.4 Å². The summed E-state index contributed by atoms with van der Waals surface area (Å²) in [5, 5.41) is 0. The molecule has 0 spiro atoms. The summed E-state index contributed by atoms with van der Waals surface area (Å²) in [6, 6.07) is 18.0. The highest BCUT2D eigenvalue weighted by Crippen LogP contribution is 2.74. The lowest BCUT2D eigenvalue weighted by molar-refractivity contribution is -0.161. The summed E-state index contributed by atoms with van der Waals surface area (Å²) in [5.74, 6) is -2.17. The molecular formula is C22H17NO4S2. The van der Waals surface area contributed by atoms with E-state index in [2.05, 4.69) is 6.58 Å². The third-order valence-corrected chi connectivity index (χ3v) is 8.93. The number of carbonyl (C=O) groups excluding carboxylic acids is 3. The van der Waals surface area contributed by atoms with Crippen LogP contribution < -0.4 is 4.90 Å². The number of esters is 1. The van der Waals surface area contributed by atoms with Crippen LogP contribution in [-0.2, 0) is 23.9 Å². The molecule has 0 N–H and O–H groups in total. The topological polar surface area (TPSA) is 63.7 Å². The Morgan fingerprint density at radius 2 is 1.62 bits per heavy atom. The van der Waals surface area contributed by atoms with Crippen molar-refractivity contribution in [2.75, 3.05) is 10.7 Å². The van der Waals surface area contributed by atoms with Crippen LogP contribution in [0.4, 0.5) is 5.69 Å². The standard InChI is InChI=1S/C22H17NO4S2/c1-2-13-28-22-17-16(18(24)23(19(17)25)15-11-7-4-8-12-15)21(29-22,20(26)27-22)14-9-5-3-6-10-14/h2-12,16-17H,1,13H2/t16-,17+,21-,22+/m0/s1. The van der Waals surface area contributed by atoms with Gasteiger partial charge in [0.1, 0.15) is 5.92 Å². The summed E-state index contributed by atoms with van der Waals surface area (Å²) in [6.07, 6.45) is 1.71. The van der Waals surface area contributed by atoms with Crippen LogP contribution in [0, 0.1) is 11.8 Å². The molecular weight excluding hydrogens is 406 g/mol. The Morgan fingerprint density at radius 1 is 1.00 bits per heavy atom. The molecule has 3 aliphatic rings. The van der Waals surface area contributed by atoms with Crippen molar-refractivity contribution in [3.63, 3.8) is 0 Å². The number of benzene rings is 2. The smallest absolute Gasteiger partial charge is 0.329 e. The molecule has 0 saturated carbocycles. The van der Waals surface area contributed by atoms with Crippen molar-refractivity contribution in [1.29, 1.82) is 0 Å². The first-order chi connectivity index (χ1) is 14.0. The van der Waals surface area contributed by atoms with E-state index in [1.807, 2.05) is 36.4 Å². The monoisotopic (exact) mass is 423 g/mol. The molecule has 4 atom stereocenters. The first-order valence-electron chi connectivity index (χ1n) is 9.22. The minimum atomic E-state index is -1.23. The molecule has 7 heteroatoms. The maximum atomic E-state index is 13.6. The lowest BCUT2D eigenvalue weighted by atomic mass is 9.77. The van der Waals surface area contributed by atoms with Gasteiger partial charge in [-0.1, -0.05) is 78.1 Å². The van der Waals surface area contributed by atoms with Crippen molar-refractivity contribution in [2.24, 2.45) is 11.8 Å². The van der Waals surface area contributed by atoms with E-state index in [1.54, 1.807) is 30.3 Å². The number of hydrogen-bond acceptors (Lipinski definition) is 6. The molecule has 2 amide bonds. The van der Waals surface area contributed by atoms with Crippen LogP contribution >= 0.6 is 23.5 Å². The van der Waals surface area contributed by atoms with Gasteiger partial charge in [-0.3, -0.25) is 14.4 Å². The van der Waals surface area contributed by atoms with E-state index in [-0.39, 0.29) is 11.8 Å². The predicted molar refractivity (Wildman–Crippen MR) is 113 cm³/mol. The van der Waals surface area contributed by atoms with Gasteiger partial charge in [-0.2, -0.15) is 0 Å². The number of thioether (sulfide) groups is 2. The molecule has 2 aromatic rings. The van der Waals surface area contributed by atoms with Gasteiger partial charge in [0.05, 0.1) is 11.6 Å². The fourth-order valence-electron chi connectivity index (χ4n) is 4.44. The van der Waals surface area contributed by atoms with Crippen molar-refractivity contribution >= 4 is 47.0 Å². The highest BCUT2D eigenvalue weighted by atomic mass is 32.2. The maximum absolute atomic E-state index is 13.6. The Hall–Kier alpha value is -2.51. The van der Waals surface area contributed by atoms with Crippen LogP contribution in [0.3, 0.4) is 0 Å². The number of nitrogens with zero attached hydrogens (tertiary/aromatic N) is 1. The molecule has 0 unspecified atom stereocenters. The molecule has 3 heterocycles. The number of carbonyl (C=O) groups is 3. The zero-order valence-corrected chi connectivity index (χ0v) is 16.9. The van der Waals surface area contributed by atoms with Gasteiger partial charge in [0.15, 0.2) is 4.75 Å². The van der Waals surface area contributed by atoms with Crippen molar-refractivity contribution in [2.45, 2.75) is 9.01 Å². The first-order valence-corrected chi connectivity index (χ1v) is 11.0. The molecule has 29 heavy (non-hydrogen) atoms. The molecule has 0 aromatic heterocycles. The Kier molecular flexibility index (Phi) is 4.15. The van der Waals surface area contributed by atoms with Crippen LogP contribution in [0.1, 0.15) is 5.56 Å². The molecule has 5 nitrogen and oxygen atoms in total. The molecule has 3 fully saturated rings. The van der Waals surface area contributed by atoms with E-state index < -0.39 is 26.8 Å². The highest BCUT2D eigenvalue weighted by molar-refractivity contribution is 8.19. The Bertz CT molecular complexity index is 1030. The van der Waals surface area contributed by atoms with Gasteiger partial charge in [-0.05, 0) is 17.7 Å². The third kappa shape index (κ3) is 2.34. The normalized spacial score (nSPS) is 32.4. The maximum Gasteiger partial charge on any atom is 0.329 e. The van der Waals surface area contributed by atoms with Crippen LogP contribution in [0.25, 0.3) is 0 Å². The molecule has 5 rings (SSSR count). The SMILES string of the molecule is C=CCS[C@@]12OC(=O)[C@@](c3ccccc3)(S1)[C@@H]1C(=O)N(c3ccccc3)C(=O)[C@@H]12. The number of anilines is 1. The second kappa shape index (κ2) is 6.50. The van der Waals surface area contributed by atoms with E-state index in [0.717, 1.165) is 0 Å². The fraction of sp³-hybridized carbons (Fsp3) is 0.227. The van der Waals surface area contributed by atoms with Gasteiger partial charge in [-0.25, -0.2) is 4.90 Å². The minimum Gasteiger partial charge on any atom is -0.436 e. The predicted octanol–water partition coefficient (Wildman–Crippen LogP) is 3.56. The average Bonchev–Trinajstić information content (AvgIpc) is 3.32. The average molecular weight is 424 g/mol. The largest absolute Gasteiger partial charge is 0.436 e. The van der Waals surface area contributed by atoms with Crippen LogP contribution in [-0.4, -0.2) is 27.8 Å². The van der Waals surface area contributed by atoms with Crippen molar-refractivity contribution < 1.29 is 19.1 Å². The number of rotatable bonds is 5. The van der Waals surface area contributed by atoms with E-state index in [4.69, 9.17) is 4.74 Å². The highest BCUT2D eigenvalue weighted by Gasteiger charge is 2.81. The quantitative estimate of drug-likeness (QED) is 0.416. The zero-order chi connectivity index (χ0) is 20.2. The number of fused-ring (bicyclic) bond motifs is 5. The second-order valence-electron chi connectivity index (χ2n) is 7.10. The van der Waals surface area contributed by atoms with Crippen LogP contribution in [0.2, 0.25) is 0 Å². The van der Waals surface area contributed by atoms with Gasteiger partial charge >= 0.3 is 5.97 Å². The van der Waals surface area contributed by atoms with E-state index >= 15 is 0 Å². The van der Waals surface area contributed by atoms with Crippen molar-refractivity contribution in [3.05, 3.63) is 78.9 Å². The van der Waals surface area contributed by atoms with Crippen LogP contribution in [0.5, 0.6) is 0 Å². The molecule has 0 aliphatic carbocycles. The Balaban J connectivity index is 1.69. The number of ether oxygens (including phenoxy) is 1. The molecule has 146 valence electrons. The van der Waals surface area contributed by atoms with E-state index in [0.29, 0.717) is 17.0 Å². The summed E-state index contributed by atoms with van der Waals surface area (Å²) < 4.78 is 3.50. The number of imide groups is 1. The summed E-state index contributed by atoms with van der Waals surface area (Å²) in [7, 11) is 0. The van der Waals surface area contributed by atoms with Crippen LogP contribution in [0.15, 0.2) is 73.3 Å². The zero-order valence-electron chi connectivity index (χ0n) is 15.3. The van der Waals surface area contributed by atoms with Gasteiger partial charge in [0, 0.05) is 5.75 Å². The number of hydrogen-bond donors (Lipinski definition) is 0. The van der Waals surface area contributed by atoms with Crippen molar-refractivity contribution in [3.8, 4) is 0 Å². The Labute approximate surface area is 176 Å². The molecule has 2 aromatic carbocycles. The fourth-order valence-corrected chi connectivity index (χ4v) is 7.85. The lowest BCUT2D eigenvalue weighted by Crippen LogP contribution is -2.47. The number of para-hydroxylation sites is 1. The molecule has 2 bridgehead atoms. The van der Waals surface area contributed by atoms with Gasteiger partial charge < -0.3 is 4.74 Å². The summed E-state index contributed by atoms with van der Waals surface area (Å²) in [6.45, 7) is 3.74. The summed E-state index contributed by atoms with van der Waals surface area (Å²) in [5.41, 5.74) is 1.21. The first kappa shape index (κ1) is 18.5. The van der Waals surface area contributed by atoms with Crippen molar-refractivity contribution in [1.82, 2.24) is 0 Å². The molecule has 3 aliphatic heterocycles. The lowest BCUT2D eigenvalue weighted by Gasteiger charge is -2.32. The summed E-state index contributed by atoms with van der Waals surface area (Å²) >= 11 is 2.65. The third-order valence-electron chi connectivity index (χ3n) is 5.59. The minimum absolute atomic E-state index is 0.319. The number of amides is 2. The van der Waals surface area contributed by atoms with E-state index in [9.17, 15) is 14.4 Å². The van der Waals surface area contributed by atoms with Gasteiger partial charge in [-0.15, -0.1) is 6.58 Å². The van der Waals surface area contributed by atoms with Gasteiger partial charge in [0.2, 0.25) is 16.1 Å².